The number of hydrogen-bond donors (Lipinski definition) is 0. The lowest BCUT2D eigenvalue weighted by atomic mass is 10.0. The van der Waals surface area contributed by atoms with Gasteiger partial charge in [-0.3, -0.25) is 4.79 Å². The number of carbonyl (C=O) groups is 1. The van der Waals surface area contributed by atoms with Crippen molar-refractivity contribution in [1.29, 1.82) is 0 Å². The maximum Gasteiger partial charge on any atom is 0.345 e. The molecule has 22 heavy (non-hydrogen) atoms. The highest BCUT2D eigenvalue weighted by Gasteiger charge is 2.22. The van der Waals surface area contributed by atoms with Crippen molar-refractivity contribution in [3.8, 4) is 11.3 Å². The molecule has 0 aliphatic rings. The fourth-order valence-corrected chi connectivity index (χ4v) is 2.25. The second kappa shape index (κ2) is 5.44. The van der Waals surface area contributed by atoms with Crippen LogP contribution in [0.15, 0.2) is 57.7 Å². The first kappa shape index (κ1) is 14.0. The molecule has 0 spiro atoms. The summed E-state index contributed by atoms with van der Waals surface area (Å²) in [6.07, 6.45) is 0. The molecule has 0 bridgehead atoms. The van der Waals surface area contributed by atoms with E-state index >= 15 is 0 Å². The molecule has 0 atom stereocenters. The summed E-state index contributed by atoms with van der Waals surface area (Å²) in [6, 6.07) is 12.2. The van der Waals surface area contributed by atoms with Crippen LogP contribution >= 0.6 is 0 Å². The predicted molar refractivity (Wildman–Crippen MR) is 79.2 cm³/mol. The van der Waals surface area contributed by atoms with E-state index in [1.54, 1.807) is 30.3 Å². The third kappa shape index (κ3) is 2.26. The molecule has 0 saturated heterocycles. The number of esters is 1. The smallest absolute Gasteiger partial charge is 0.345 e. The number of carbonyl (C=O) groups excluding carboxylic acids is 1. The maximum atomic E-state index is 13.4. The number of fused-ring (bicyclic) bond motifs is 1. The standard InChI is InChI=1S/C17H11FO4/c1-21-17(20)14-15(19)12-8-7-11(18)9-13(12)22-16(14)10-5-3-2-4-6-10/h2-9H,1H3. The molecule has 0 N–H and O–H groups in total. The van der Waals surface area contributed by atoms with Crippen LogP contribution in [0.2, 0.25) is 0 Å². The summed E-state index contributed by atoms with van der Waals surface area (Å²) >= 11 is 0. The lowest BCUT2D eigenvalue weighted by molar-refractivity contribution is 0.0598. The molecule has 0 aliphatic heterocycles. The third-order valence-corrected chi connectivity index (χ3v) is 3.28. The van der Waals surface area contributed by atoms with Gasteiger partial charge >= 0.3 is 5.97 Å². The van der Waals surface area contributed by atoms with E-state index in [1.807, 2.05) is 0 Å². The van der Waals surface area contributed by atoms with Gasteiger partial charge < -0.3 is 9.15 Å². The molecule has 0 unspecified atom stereocenters. The van der Waals surface area contributed by atoms with E-state index in [0.717, 1.165) is 12.1 Å². The molecule has 110 valence electrons. The SMILES string of the molecule is COC(=O)c1c(-c2ccccc2)oc2cc(F)ccc2c1=O. The highest BCUT2D eigenvalue weighted by atomic mass is 19.1. The van der Waals surface area contributed by atoms with E-state index in [-0.39, 0.29) is 22.3 Å². The Morgan fingerprint density at radius 3 is 2.55 bits per heavy atom. The molecule has 3 aromatic rings. The molecule has 0 saturated carbocycles. The zero-order valence-corrected chi connectivity index (χ0v) is 11.6. The minimum atomic E-state index is -0.793. The van der Waals surface area contributed by atoms with Crippen LogP contribution in [0, 0.1) is 5.82 Å². The Hall–Kier alpha value is -2.95. The molecule has 2 aromatic carbocycles. The number of benzene rings is 2. The van der Waals surface area contributed by atoms with Gasteiger partial charge in [0, 0.05) is 11.6 Å². The quantitative estimate of drug-likeness (QED) is 0.680. The molecular formula is C17H11FO4. The second-order valence-corrected chi connectivity index (χ2v) is 4.63. The van der Waals surface area contributed by atoms with Crippen molar-refractivity contribution in [2.45, 2.75) is 0 Å². The highest BCUT2D eigenvalue weighted by molar-refractivity contribution is 5.98. The third-order valence-electron chi connectivity index (χ3n) is 3.28. The first-order valence-corrected chi connectivity index (χ1v) is 6.52. The minimum absolute atomic E-state index is 0.0653. The van der Waals surface area contributed by atoms with Gasteiger partial charge in [-0.05, 0) is 12.1 Å². The zero-order valence-electron chi connectivity index (χ0n) is 11.6. The van der Waals surface area contributed by atoms with Gasteiger partial charge in [0.15, 0.2) is 11.3 Å². The summed E-state index contributed by atoms with van der Waals surface area (Å²) in [4.78, 5) is 24.5. The Balaban J connectivity index is 2.43. The zero-order chi connectivity index (χ0) is 15.7. The highest BCUT2D eigenvalue weighted by Crippen LogP contribution is 2.26. The molecule has 0 fully saturated rings. The van der Waals surface area contributed by atoms with Crippen LogP contribution in [0.1, 0.15) is 10.4 Å². The summed E-state index contributed by atoms with van der Waals surface area (Å²) in [5, 5.41) is 0.126. The van der Waals surface area contributed by atoms with Crippen LogP contribution in [0.4, 0.5) is 4.39 Å². The van der Waals surface area contributed by atoms with Crippen molar-refractivity contribution in [3.05, 3.63) is 70.1 Å². The van der Waals surface area contributed by atoms with E-state index in [9.17, 15) is 14.0 Å². The average Bonchev–Trinajstić information content (AvgIpc) is 2.54. The number of halogens is 1. The van der Waals surface area contributed by atoms with Crippen LogP contribution in [-0.4, -0.2) is 13.1 Å². The van der Waals surface area contributed by atoms with Crippen LogP contribution in [0.3, 0.4) is 0 Å². The van der Waals surface area contributed by atoms with Crippen molar-refractivity contribution in [1.82, 2.24) is 0 Å². The molecule has 0 aliphatic carbocycles. The summed E-state index contributed by atoms with van der Waals surface area (Å²) in [6.45, 7) is 0. The molecule has 1 aromatic heterocycles. The van der Waals surface area contributed by atoms with Crippen molar-refractivity contribution in [2.75, 3.05) is 7.11 Å². The summed E-state index contributed by atoms with van der Waals surface area (Å²) < 4.78 is 23.7. The topological polar surface area (TPSA) is 56.5 Å². The van der Waals surface area contributed by atoms with Crippen molar-refractivity contribution in [3.63, 3.8) is 0 Å². The van der Waals surface area contributed by atoms with E-state index in [0.29, 0.717) is 5.56 Å². The van der Waals surface area contributed by atoms with Crippen LogP contribution in [-0.2, 0) is 4.74 Å². The Morgan fingerprint density at radius 2 is 1.86 bits per heavy atom. The molecule has 5 heteroatoms. The van der Waals surface area contributed by atoms with Crippen molar-refractivity contribution in [2.24, 2.45) is 0 Å². The number of methoxy groups -OCH3 is 1. The summed E-state index contributed by atoms with van der Waals surface area (Å²) in [5.74, 6) is -1.25. The first-order chi connectivity index (χ1) is 10.6. The number of rotatable bonds is 2. The molecule has 0 radical (unpaired) electrons. The lowest BCUT2D eigenvalue weighted by Crippen LogP contribution is -2.18. The number of ether oxygens (including phenoxy) is 1. The van der Waals surface area contributed by atoms with Gasteiger partial charge in [0.1, 0.15) is 11.4 Å². The maximum absolute atomic E-state index is 13.4. The van der Waals surface area contributed by atoms with Crippen molar-refractivity contribution < 1.29 is 18.3 Å². The monoisotopic (exact) mass is 298 g/mol. The lowest BCUT2D eigenvalue weighted by Gasteiger charge is -2.08. The van der Waals surface area contributed by atoms with Crippen LogP contribution in [0.5, 0.6) is 0 Å². The van der Waals surface area contributed by atoms with Crippen LogP contribution < -0.4 is 5.43 Å². The average molecular weight is 298 g/mol. The second-order valence-electron chi connectivity index (χ2n) is 4.63. The van der Waals surface area contributed by atoms with E-state index < -0.39 is 17.2 Å². The molecular weight excluding hydrogens is 287 g/mol. The van der Waals surface area contributed by atoms with E-state index in [4.69, 9.17) is 4.42 Å². The van der Waals surface area contributed by atoms with Gasteiger partial charge in [-0.25, -0.2) is 9.18 Å². The molecule has 4 nitrogen and oxygen atoms in total. The molecule has 1 heterocycles. The normalized spacial score (nSPS) is 10.6. The Kier molecular flexibility index (Phi) is 3.47. The van der Waals surface area contributed by atoms with Gasteiger partial charge in [-0.15, -0.1) is 0 Å². The van der Waals surface area contributed by atoms with E-state index in [1.165, 1.54) is 13.2 Å². The fourth-order valence-electron chi connectivity index (χ4n) is 2.25. The summed E-state index contributed by atoms with van der Waals surface area (Å²) in [5.41, 5.74) is -0.137. The first-order valence-electron chi connectivity index (χ1n) is 6.52. The largest absolute Gasteiger partial charge is 0.465 e. The molecule has 3 rings (SSSR count). The fraction of sp³-hybridized carbons (Fsp3) is 0.0588. The van der Waals surface area contributed by atoms with Gasteiger partial charge in [-0.2, -0.15) is 0 Å². The van der Waals surface area contributed by atoms with Gasteiger partial charge in [0.25, 0.3) is 0 Å². The number of hydrogen-bond acceptors (Lipinski definition) is 4. The Morgan fingerprint density at radius 1 is 1.14 bits per heavy atom. The summed E-state index contributed by atoms with van der Waals surface area (Å²) in [7, 11) is 1.19. The van der Waals surface area contributed by atoms with Crippen LogP contribution in [0.25, 0.3) is 22.3 Å². The predicted octanol–water partition coefficient (Wildman–Crippen LogP) is 3.39. The van der Waals surface area contributed by atoms with Crippen molar-refractivity contribution >= 4 is 16.9 Å². The van der Waals surface area contributed by atoms with E-state index in [2.05, 4.69) is 4.74 Å². The Labute approximate surface area is 124 Å². The van der Waals surface area contributed by atoms with Gasteiger partial charge in [0.05, 0.1) is 12.5 Å². The Bertz CT molecular complexity index is 913. The molecule has 0 amide bonds. The van der Waals surface area contributed by atoms with Gasteiger partial charge in [-0.1, -0.05) is 30.3 Å². The van der Waals surface area contributed by atoms with Gasteiger partial charge in [0.2, 0.25) is 5.43 Å². The minimum Gasteiger partial charge on any atom is -0.465 e.